The minimum Gasteiger partial charge on any atom is -0.478 e. The highest BCUT2D eigenvalue weighted by Crippen LogP contribution is 2.30. The molecule has 1 fully saturated rings. The lowest BCUT2D eigenvalue weighted by Gasteiger charge is -2.18. The zero-order chi connectivity index (χ0) is 21.4. The number of hydrogen-bond donors (Lipinski definition) is 2. The van der Waals surface area contributed by atoms with Crippen LogP contribution in [0.4, 0.5) is 17.5 Å². The molecular weight excluding hydrogens is 386 g/mol. The molecule has 0 aliphatic carbocycles. The van der Waals surface area contributed by atoms with E-state index < -0.39 is 0 Å². The van der Waals surface area contributed by atoms with Crippen LogP contribution in [0, 0.1) is 5.92 Å². The Morgan fingerprint density at radius 3 is 2.87 bits per heavy atom. The minimum absolute atomic E-state index is 0.00355. The highest BCUT2D eigenvalue weighted by atomic mass is 16.5. The standard InChI is InChI=1S/C19H25N9O2/c1-6-14(29)21-12-9-28(7-11(12)2)19-23-16(15-17(24-19)26(3)10-20-15)22-13-8-27(4)25-18(13)30-5/h6,8,10-12H,1,7,9H2,2-5H3,(H,21,29)(H,22,23,24)/t11-,12-/m1/s1. The zero-order valence-electron chi connectivity index (χ0n) is 17.5. The number of anilines is 3. The number of imidazole rings is 1. The number of carbonyl (C=O) groups excluding carboxylic acids is 1. The molecule has 0 radical (unpaired) electrons. The van der Waals surface area contributed by atoms with Crippen molar-refractivity contribution in [3.05, 3.63) is 25.2 Å². The summed E-state index contributed by atoms with van der Waals surface area (Å²) in [7, 11) is 5.28. The van der Waals surface area contributed by atoms with Gasteiger partial charge < -0.3 is 24.8 Å². The molecule has 2 N–H and O–H groups in total. The van der Waals surface area contributed by atoms with Crippen molar-refractivity contribution in [3.8, 4) is 5.88 Å². The summed E-state index contributed by atoms with van der Waals surface area (Å²) in [6, 6.07) is -0.00355. The maximum Gasteiger partial charge on any atom is 0.256 e. The van der Waals surface area contributed by atoms with E-state index in [1.54, 1.807) is 18.1 Å². The zero-order valence-corrected chi connectivity index (χ0v) is 17.5. The van der Waals surface area contributed by atoms with Gasteiger partial charge >= 0.3 is 0 Å². The van der Waals surface area contributed by atoms with Crippen molar-refractivity contribution in [2.45, 2.75) is 13.0 Å². The average Bonchev–Trinajstić information content (AvgIpc) is 3.39. The summed E-state index contributed by atoms with van der Waals surface area (Å²) in [6.07, 6.45) is 4.81. The summed E-state index contributed by atoms with van der Waals surface area (Å²) in [6.45, 7) is 6.95. The quantitative estimate of drug-likeness (QED) is 0.577. The molecule has 2 atom stereocenters. The van der Waals surface area contributed by atoms with Gasteiger partial charge in [-0.15, -0.1) is 5.10 Å². The maximum atomic E-state index is 11.7. The van der Waals surface area contributed by atoms with Crippen molar-refractivity contribution in [3.63, 3.8) is 0 Å². The van der Waals surface area contributed by atoms with Crippen molar-refractivity contribution in [2.75, 3.05) is 30.4 Å². The predicted molar refractivity (Wildman–Crippen MR) is 113 cm³/mol. The van der Waals surface area contributed by atoms with Crippen molar-refractivity contribution in [2.24, 2.45) is 20.0 Å². The molecule has 0 saturated carbocycles. The number of rotatable bonds is 6. The fraction of sp³-hybridized carbons (Fsp3) is 0.421. The van der Waals surface area contributed by atoms with Gasteiger partial charge in [0.05, 0.1) is 25.7 Å². The van der Waals surface area contributed by atoms with Crippen molar-refractivity contribution < 1.29 is 9.53 Å². The summed E-state index contributed by atoms with van der Waals surface area (Å²) in [5.41, 5.74) is 2.04. The second kappa shape index (κ2) is 7.65. The van der Waals surface area contributed by atoms with Gasteiger partial charge in [0, 0.05) is 27.2 Å². The van der Waals surface area contributed by atoms with E-state index in [4.69, 9.17) is 14.7 Å². The second-order valence-electron chi connectivity index (χ2n) is 7.45. The van der Waals surface area contributed by atoms with E-state index in [2.05, 4.69) is 39.1 Å². The fourth-order valence-corrected chi connectivity index (χ4v) is 3.62. The Bertz CT molecular complexity index is 1100. The van der Waals surface area contributed by atoms with Crippen LogP contribution in [0.2, 0.25) is 0 Å². The Labute approximate surface area is 173 Å². The summed E-state index contributed by atoms with van der Waals surface area (Å²) in [5, 5.41) is 10.5. The second-order valence-corrected chi connectivity index (χ2v) is 7.45. The van der Waals surface area contributed by atoms with Gasteiger partial charge in [-0.3, -0.25) is 9.48 Å². The molecule has 0 aromatic carbocycles. The Balaban J connectivity index is 1.69. The number of nitrogens with zero attached hydrogens (tertiary/aromatic N) is 7. The predicted octanol–water partition coefficient (Wildman–Crippen LogP) is 0.976. The van der Waals surface area contributed by atoms with Gasteiger partial charge in [0.25, 0.3) is 5.88 Å². The van der Waals surface area contributed by atoms with Crippen LogP contribution in [0.15, 0.2) is 25.2 Å². The third-order valence-electron chi connectivity index (χ3n) is 5.20. The molecule has 3 aromatic rings. The van der Waals surface area contributed by atoms with Crippen molar-refractivity contribution in [1.29, 1.82) is 0 Å². The normalized spacial score (nSPS) is 18.6. The lowest BCUT2D eigenvalue weighted by Crippen LogP contribution is -2.39. The molecule has 1 amide bonds. The van der Waals surface area contributed by atoms with E-state index in [0.717, 1.165) is 6.54 Å². The van der Waals surface area contributed by atoms with Crippen LogP contribution < -0.4 is 20.3 Å². The van der Waals surface area contributed by atoms with Crippen LogP contribution >= 0.6 is 0 Å². The number of carbonyl (C=O) groups is 1. The van der Waals surface area contributed by atoms with E-state index in [1.165, 1.54) is 6.08 Å². The average molecular weight is 411 g/mol. The summed E-state index contributed by atoms with van der Waals surface area (Å²) >= 11 is 0. The van der Waals surface area contributed by atoms with Crippen LogP contribution in [0.1, 0.15) is 6.92 Å². The summed E-state index contributed by atoms with van der Waals surface area (Å²) in [5.74, 6) is 1.66. The number of aryl methyl sites for hydroxylation is 2. The fourth-order valence-electron chi connectivity index (χ4n) is 3.62. The molecular formula is C19H25N9O2. The first kappa shape index (κ1) is 19.7. The summed E-state index contributed by atoms with van der Waals surface area (Å²) in [4.78, 5) is 27.7. The van der Waals surface area contributed by atoms with Crippen LogP contribution in [0.5, 0.6) is 5.88 Å². The van der Waals surface area contributed by atoms with Crippen molar-refractivity contribution >= 4 is 34.5 Å². The van der Waals surface area contributed by atoms with Gasteiger partial charge in [0.2, 0.25) is 11.9 Å². The molecule has 1 saturated heterocycles. The first-order valence-electron chi connectivity index (χ1n) is 9.61. The smallest absolute Gasteiger partial charge is 0.256 e. The van der Waals surface area contributed by atoms with Crippen LogP contribution in [-0.4, -0.2) is 61.4 Å². The third-order valence-corrected chi connectivity index (χ3v) is 5.20. The largest absolute Gasteiger partial charge is 0.478 e. The van der Waals surface area contributed by atoms with Crippen LogP contribution in [0.25, 0.3) is 11.2 Å². The number of aromatic nitrogens is 6. The van der Waals surface area contributed by atoms with Crippen LogP contribution in [0.3, 0.4) is 0 Å². The first-order valence-corrected chi connectivity index (χ1v) is 9.61. The maximum absolute atomic E-state index is 11.7. The molecule has 11 nitrogen and oxygen atoms in total. The third kappa shape index (κ3) is 3.53. The van der Waals surface area contributed by atoms with E-state index in [9.17, 15) is 4.79 Å². The Morgan fingerprint density at radius 1 is 1.33 bits per heavy atom. The Hall–Kier alpha value is -3.63. The van der Waals surface area contributed by atoms with Crippen LogP contribution in [-0.2, 0) is 18.9 Å². The first-order chi connectivity index (χ1) is 14.4. The minimum atomic E-state index is -0.178. The number of hydrogen-bond acceptors (Lipinski definition) is 8. The van der Waals surface area contributed by atoms with Gasteiger partial charge in [-0.1, -0.05) is 13.5 Å². The SMILES string of the molecule is C=CC(=O)N[C@@H]1CN(c2nc(Nc3cn(C)nc3OC)c3ncn(C)c3n2)C[C@H]1C. The lowest BCUT2D eigenvalue weighted by molar-refractivity contribution is -0.117. The van der Waals surface area contributed by atoms with Gasteiger partial charge in [0.15, 0.2) is 17.0 Å². The molecule has 1 aliphatic heterocycles. The van der Waals surface area contributed by atoms with Gasteiger partial charge in [-0.05, 0) is 12.0 Å². The van der Waals surface area contributed by atoms with E-state index in [1.807, 2.05) is 24.9 Å². The monoisotopic (exact) mass is 411 g/mol. The molecule has 3 aromatic heterocycles. The molecule has 4 rings (SSSR count). The molecule has 1 aliphatic rings. The van der Waals surface area contributed by atoms with E-state index in [-0.39, 0.29) is 17.9 Å². The Kier molecular flexibility index (Phi) is 5.02. The number of nitrogens with one attached hydrogen (secondary N) is 2. The topological polar surface area (TPSA) is 115 Å². The summed E-state index contributed by atoms with van der Waals surface area (Å²) < 4.78 is 8.85. The van der Waals surface area contributed by atoms with E-state index in [0.29, 0.717) is 41.0 Å². The molecule has 0 unspecified atom stereocenters. The van der Waals surface area contributed by atoms with Gasteiger partial charge in [0.1, 0.15) is 5.69 Å². The number of ether oxygens (including phenoxy) is 1. The highest BCUT2D eigenvalue weighted by molar-refractivity contribution is 5.88. The lowest BCUT2D eigenvalue weighted by atomic mass is 10.1. The van der Waals surface area contributed by atoms with Crippen molar-refractivity contribution in [1.82, 2.24) is 34.6 Å². The molecule has 4 heterocycles. The van der Waals surface area contributed by atoms with E-state index >= 15 is 0 Å². The number of amides is 1. The molecule has 0 spiro atoms. The Morgan fingerprint density at radius 2 is 2.13 bits per heavy atom. The van der Waals surface area contributed by atoms with Gasteiger partial charge in [-0.2, -0.15) is 9.97 Å². The molecule has 158 valence electrons. The molecule has 0 bridgehead atoms. The highest BCUT2D eigenvalue weighted by Gasteiger charge is 2.32. The molecule has 11 heteroatoms. The molecule has 30 heavy (non-hydrogen) atoms. The number of fused-ring (bicyclic) bond motifs is 1. The number of methoxy groups -OCH3 is 1. The van der Waals surface area contributed by atoms with Gasteiger partial charge in [-0.25, -0.2) is 4.98 Å².